The van der Waals surface area contributed by atoms with Gasteiger partial charge in [0.25, 0.3) is 0 Å². The highest BCUT2D eigenvalue weighted by molar-refractivity contribution is 5.81. The highest BCUT2D eigenvalue weighted by Crippen LogP contribution is 2.01. The zero-order valence-electron chi connectivity index (χ0n) is 26.1. The van der Waals surface area contributed by atoms with E-state index in [-0.39, 0.29) is 44.7 Å². The predicted molar refractivity (Wildman–Crippen MR) is 157 cm³/mol. The minimum atomic E-state index is -0.479. The van der Waals surface area contributed by atoms with Crippen molar-refractivity contribution in [2.75, 3.05) is 112 Å². The van der Waals surface area contributed by atoms with Crippen LogP contribution in [-0.2, 0) is 57.0 Å². The number of ether oxygens (including phenoxy) is 10. The third kappa shape index (κ3) is 36.1. The molecule has 0 rings (SSSR count). The van der Waals surface area contributed by atoms with Gasteiger partial charge in [-0.2, -0.15) is 0 Å². The smallest absolute Gasteiger partial charge is 0.330 e. The molecule has 43 heavy (non-hydrogen) atoms. The van der Waals surface area contributed by atoms with Gasteiger partial charge in [-0.05, 0) is 20.8 Å². The van der Waals surface area contributed by atoms with E-state index in [1.54, 1.807) is 13.8 Å². The van der Waals surface area contributed by atoms with Gasteiger partial charge in [-0.3, -0.25) is 0 Å². The molecular formula is C29H54O14. The van der Waals surface area contributed by atoms with Crippen molar-refractivity contribution in [1.82, 2.24) is 0 Å². The number of rotatable bonds is 30. The molecule has 2 N–H and O–H groups in total. The highest BCUT2D eigenvalue weighted by atomic mass is 16.6. The predicted octanol–water partition coefficient (Wildman–Crippen LogP) is 0.714. The van der Waals surface area contributed by atoms with Crippen LogP contribution in [0.5, 0.6) is 0 Å². The molecule has 0 heterocycles. The molecule has 0 spiro atoms. The molecule has 0 saturated heterocycles. The molecule has 0 aromatic carbocycles. The van der Waals surface area contributed by atoms with Crippen LogP contribution in [-0.4, -0.2) is 153 Å². The Balaban J connectivity index is 0. The molecule has 14 nitrogen and oxygen atoms in total. The number of carbonyl (C=O) groups excluding carboxylic acids is 2. The Labute approximate surface area is 256 Å². The first-order chi connectivity index (χ1) is 20.8. The summed E-state index contributed by atoms with van der Waals surface area (Å²) in [5.74, 6) is -0.958. The topological polar surface area (TPSA) is 167 Å². The van der Waals surface area contributed by atoms with Crippen LogP contribution < -0.4 is 0 Å². The van der Waals surface area contributed by atoms with Gasteiger partial charge in [0.05, 0.1) is 118 Å². The SMILES string of the molecule is C=CC(=O)OCC(C)OCC(C)OCC(C)OC(=O)C=C.OCCOCCOCCOCCOCCOCCOCCO. The van der Waals surface area contributed by atoms with Crippen molar-refractivity contribution >= 4 is 11.9 Å². The Bertz CT molecular complexity index is 629. The first-order valence-corrected chi connectivity index (χ1v) is 14.3. The first-order valence-electron chi connectivity index (χ1n) is 14.3. The number of hydrogen-bond donors (Lipinski definition) is 2. The summed E-state index contributed by atoms with van der Waals surface area (Å²) in [6.45, 7) is 18.6. The fourth-order valence-electron chi connectivity index (χ4n) is 2.57. The van der Waals surface area contributed by atoms with Crippen molar-refractivity contribution in [2.24, 2.45) is 0 Å². The Kier molecular flexibility index (Phi) is 34.6. The molecule has 0 saturated carbocycles. The lowest BCUT2D eigenvalue weighted by atomic mass is 10.4. The van der Waals surface area contributed by atoms with Gasteiger partial charge in [0.15, 0.2) is 0 Å². The molecule has 3 unspecified atom stereocenters. The minimum Gasteiger partial charge on any atom is -0.460 e. The molecule has 14 heteroatoms. The van der Waals surface area contributed by atoms with E-state index in [9.17, 15) is 9.59 Å². The molecule has 254 valence electrons. The minimum absolute atomic E-state index is 0.0334. The van der Waals surface area contributed by atoms with Crippen molar-refractivity contribution in [1.29, 1.82) is 0 Å². The van der Waals surface area contributed by atoms with Crippen LogP contribution in [0.4, 0.5) is 0 Å². The number of aliphatic hydroxyl groups is 2. The Morgan fingerprint density at radius 3 is 1.21 bits per heavy atom. The Morgan fingerprint density at radius 1 is 0.535 bits per heavy atom. The summed E-state index contributed by atoms with van der Waals surface area (Å²) in [7, 11) is 0. The average Bonchev–Trinajstić information content (AvgIpc) is 3.01. The van der Waals surface area contributed by atoms with Crippen LogP contribution in [0, 0.1) is 0 Å². The van der Waals surface area contributed by atoms with Crippen LogP contribution in [0.1, 0.15) is 20.8 Å². The fraction of sp³-hybridized carbons (Fsp3) is 0.793. The second kappa shape index (κ2) is 34.5. The lowest BCUT2D eigenvalue weighted by molar-refractivity contribution is -0.148. The molecular weight excluding hydrogens is 572 g/mol. The first kappa shape index (κ1) is 43.1. The van der Waals surface area contributed by atoms with Crippen molar-refractivity contribution in [3.63, 3.8) is 0 Å². The quantitative estimate of drug-likeness (QED) is 0.0650. The van der Waals surface area contributed by atoms with Crippen LogP contribution >= 0.6 is 0 Å². The summed E-state index contributed by atoms with van der Waals surface area (Å²) < 4.78 is 52.0. The van der Waals surface area contributed by atoms with Gasteiger partial charge in [0.2, 0.25) is 0 Å². The van der Waals surface area contributed by atoms with Gasteiger partial charge in [-0.25, -0.2) is 9.59 Å². The molecule has 0 aliphatic carbocycles. The second-order valence-electron chi connectivity index (χ2n) is 8.70. The zero-order chi connectivity index (χ0) is 32.4. The van der Waals surface area contributed by atoms with Crippen molar-refractivity contribution in [3.05, 3.63) is 25.3 Å². The Morgan fingerprint density at radius 2 is 0.860 bits per heavy atom. The maximum absolute atomic E-state index is 11.0. The van der Waals surface area contributed by atoms with E-state index in [2.05, 4.69) is 13.2 Å². The molecule has 0 aromatic heterocycles. The summed E-state index contributed by atoms with van der Waals surface area (Å²) in [6.07, 6.45) is 1.44. The third-order valence-electron chi connectivity index (χ3n) is 4.67. The maximum Gasteiger partial charge on any atom is 0.330 e. The van der Waals surface area contributed by atoms with E-state index in [0.717, 1.165) is 12.2 Å². The van der Waals surface area contributed by atoms with Crippen LogP contribution in [0.25, 0.3) is 0 Å². The van der Waals surface area contributed by atoms with E-state index < -0.39 is 11.9 Å². The van der Waals surface area contributed by atoms with E-state index in [1.807, 2.05) is 6.92 Å². The highest BCUT2D eigenvalue weighted by Gasteiger charge is 2.12. The van der Waals surface area contributed by atoms with E-state index in [4.69, 9.17) is 57.6 Å². The zero-order valence-corrected chi connectivity index (χ0v) is 26.1. The average molecular weight is 627 g/mol. The van der Waals surface area contributed by atoms with Crippen LogP contribution in [0.2, 0.25) is 0 Å². The fourth-order valence-corrected chi connectivity index (χ4v) is 2.57. The monoisotopic (exact) mass is 626 g/mol. The van der Waals surface area contributed by atoms with Crippen molar-refractivity contribution in [3.8, 4) is 0 Å². The molecule has 0 radical (unpaired) electrons. The molecule has 0 aliphatic heterocycles. The Hall–Kier alpha value is -1.98. The molecule has 0 aliphatic rings. The van der Waals surface area contributed by atoms with Gasteiger partial charge < -0.3 is 57.6 Å². The van der Waals surface area contributed by atoms with E-state index >= 15 is 0 Å². The van der Waals surface area contributed by atoms with Crippen molar-refractivity contribution < 1.29 is 67.2 Å². The molecule has 0 aromatic rings. The summed E-state index contributed by atoms with van der Waals surface area (Å²) in [6, 6.07) is 0. The van der Waals surface area contributed by atoms with Gasteiger partial charge in [0.1, 0.15) is 12.7 Å². The number of aliphatic hydroxyl groups excluding tert-OH is 2. The summed E-state index contributed by atoms with van der Waals surface area (Å²) in [5, 5.41) is 17.0. The molecule has 0 fully saturated rings. The van der Waals surface area contributed by atoms with Crippen molar-refractivity contribution in [2.45, 2.75) is 39.1 Å². The third-order valence-corrected chi connectivity index (χ3v) is 4.67. The molecule has 0 bridgehead atoms. The number of esters is 2. The summed E-state index contributed by atoms with van der Waals surface area (Å²) in [5.41, 5.74) is 0. The van der Waals surface area contributed by atoms with E-state index in [1.165, 1.54) is 0 Å². The largest absolute Gasteiger partial charge is 0.460 e. The van der Waals surface area contributed by atoms with Crippen LogP contribution in [0.15, 0.2) is 25.3 Å². The van der Waals surface area contributed by atoms with Crippen LogP contribution in [0.3, 0.4) is 0 Å². The number of hydrogen-bond acceptors (Lipinski definition) is 14. The lowest BCUT2D eigenvalue weighted by Crippen LogP contribution is -2.27. The number of carbonyl (C=O) groups is 2. The summed E-state index contributed by atoms with van der Waals surface area (Å²) >= 11 is 0. The normalized spacial score (nSPS) is 12.9. The van der Waals surface area contributed by atoms with Gasteiger partial charge in [-0.15, -0.1) is 0 Å². The lowest BCUT2D eigenvalue weighted by Gasteiger charge is -2.19. The molecule has 0 amide bonds. The van der Waals surface area contributed by atoms with E-state index in [0.29, 0.717) is 85.9 Å². The maximum atomic E-state index is 11.0. The van der Waals surface area contributed by atoms with Gasteiger partial charge >= 0.3 is 11.9 Å². The molecule has 3 atom stereocenters. The second-order valence-corrected chi connectivity index (χ2v) is 8.70. The van der Waals surface area contributed by atoms with Gasteiger partial charge in [0, 0.05) is 12.2 Å². The van der Waals surface area contributed by atoms with Gasteiger partial charge in [-0.1, -0.05) is 13.2 Å². The summed E-state index contributed by atoms with van der Waals surface area (Å²) in [4.78, 5) is 21.8. The standard InChI is InChI=1S/C15H24O6.C14H30O8/c1-6-14(16)20-9-12(4)18-8-11(3)19-10-13(5)21-15(17)7-2;15-1-3-17-5-7-19-9-11-21-13-14-22-12-10-20-8-6-18-4-2-16/h6-7,11-13H,1-2,8-10H2,3-5H3;15-16H,1-14H2.